The fourth-order valence-corrected chi connectivity index (χ4v) is 4.82. The topological polar surface area (TPSA) is 120 Å². The Morgan fingerprint density at radius 3 is 2.76 bits per heavy atom. The van der Waals surface area contributed by atoms with Gasteiger partial charge in [-0.3, -0.25) is 19.5 Å². The van der Waals surface area contributed by atoms with E-state index in [1.165, 1.54) is 19.3 Å². The summed E-state index contributed by atoms with van der Waals surface area (Å²) in [6.07, 6.45) is 8.67. The number of fused-ring (bicyclic) bond motifs is 1. The van der Waals surface area contributed by atoms with Crippen LogP contribution in [-0.2, 0) is 19.1 Å². The van der Waals surface area contributed by atoms with Crippen molar-refractivity contribution in [2.24, 2.45) is 11.8 Å². The van der Waals surface area contributed by atoms with Crippen LogP contribution in [0.15, 0.2) is 6.33 Å². The maximum Gasteiger partial charge on any atom is 0.305 e. The van der Waals surface area contributed by atoms with Crippen LogP contribution in [0.25, 0.3) is 11.2 Å². The fraction of sp³-hybridized carbons (Fsp3) is 0.696. The molecule has 2 fully saturated rings. The van der Waals surface area contributed by atoms with Gasteiger partial charge in [-0.1, -0.05) is 33.1 Å². The van der Waals surface area contributed by atoms with E-state index in [0.29, 0.717) is 35.7 Å². The number of hydrogen-bond donors (Lipinski definition) is 2. The van der Waals surface area contributed by atoms with E-state index in [9.17, 15) is 9.59 Å². The molecule has 2 aliphatic rings. The lowest BCUT2D eigenvalue weighted by Crippen LogP contribution is -2.20. The number of ether oxygens (including phenoxy) is 2. The molecule has 0 aromatic carbocycles. The molecule has 3 unspecified atom stereocenters. The summed E-state index contributed by atoms with van der Waals surface area (Å²) in [7, 11) is 1.77. The van der Waals surface area contributed by atoms with Gasteiger partial charge in [0.25, 0.3) is 0 Å². The molecule has 1 aliphatic carbocycles. The van der Waals surface area contributed by atoms with Gasteiger partial charge in [0.15, 0.2) is 17.0 Å². The lowest BCUT2D eigenvalue weighted by atomic mass is 9.87. The number of anilines is 2. The molecular weight excluding hydrogens is 424 g/mol. The average molecular weight is 459 g/mol. The number of aromatic nitrogens is 4. The van der Waals surface area contributed by atoms with Gasteiger partial charge in [-0.2, -0.15) is 9.97 Å². The Labute approximate surface area is 193 Å². The third-order valence-corrected chi connectivity index (χ3v) is 6.55. The first-order chi connectivity index (χ1) is 16.0. The highest BCUT2D eigenvalue weighted by atomic mass is 16.6. The molecule has 2 N–H and O–H groups in total. The lowest BCUT2D eigenvalue weighted by molar-refractivity contribution is -0.148. The van der Waals surface area contributed by atoms with Crippen molar-refractivity contribution in [1.29, 1.82) is 0 Å². The van der Waals surface area contributed by atoms with Crippen LogP contribution in [0.2, 0.25) is 0 Å². The van der Waals surface area contributed by atoms with Gasteiger partial charge in [-0.05, 0) is 25.2 Å². The molecule has 10 heteroatoms. The number of rotatable bonds is 8. The van der Waals surface area contributed by atoms with Gasteiger partial charge in [0, 0.05) is 25.8 Å². The lowest BCUT2D eigenvalue weighted by Gasteiger charge is -2.20. The van der Waals surface area contributed by atoms with E-state index in [-0.39, 0.29) is 42.7 Å². The summed E-state index contributed by atoms with van der Waals surface area (Å²) < 4.78 is 13.3. The van der Waals surface area contributed by atoms with Crippen LogP contribution in [0.1, 0.15) is 71.4 Å². The van der Waals surface area contributed by atoms with Crippen LogP contribution in [-0.4, -0.2) is 51.2 Å². The van der Waals surface area contributed by atoms with E-state index in [0.717, 1.165) is 19.3 Å². The van der Waals surface area contributed by atoms with Gasteiger partial charge in [-0.15, -0.1) is 0 Å². The van der Waals surface area contributed by atoms with Crippen LogP contribution in [0.5, 0.6) is 0 Å². The van der Waals surface area contributed by atoms with Crippen molar-refractivity contribution < 1.29 is 19.1 Å². The quantitative estimate of drug-likeness (QED) is 0.575. The number of carbonyl (C=O) groups is 2. The summed E-state index contributed by atoms with van der Waals surface area (Å²) in [5, 5.41) is 5.93. The highest BCUT2D eigenvalue weighted by Crippen LogP contribution is 2.36. The predicted molar refractivity (Wildman–Crippen MR) is 124 cm³/mol. The van der Waals surface area contributed by atoms with E-state index in [2.05, 4.69) is 32.5 Å². The van der Waals surface area contributed by atoms with Crippen LogP contribution >= 0.6 is 0 Å². The molecule has 33 heavy (non-hydrogen) atoms. The molecule has 2 aromatic heterocycles. The van der Waals surface area contributed by atoms with E-state index in [1.807, 2.05) is 4.57 Å². The van der Waals surface area contributed by atoms with Crippen molar-refractivity contribution in [3.63, 3.8) is 0 Å². The first-order valence-electron chi connectivity index (χ1n) is 12.0. The fourth-order valence-electron chi connectivity index (χ4n) is 4.82. The number of carbonyl (C=O) groups excluding carboxylic acids is 2. The highest BCUT2D eigenvalue weighted by Gasteiger charge is 2.35. The molecule has 2 aromatic rings. The maximum atomic E-state index is 12.6. The molecule has 10 nitrogen and oxygen atoms in total. The van der Waals surface area contributed by atoms with E-state index < -0.39 is 0 Å². The average Bonchev–Trinajstić information content (AvgIpc) is 3.40. The molecule has 1 saturated heterocycles. The third kappa shape index (κ3) is 5.43. The summed E-state index contributed by atoms with van der Waals surface area (Å²) in [6.45, 7) is 4.09. The predicted octanol–water partition coefficient (Wildman–Crippen LogP) is 3.65. The Morgan fingerprint density at radius 2 is 2.03 bits per heavy atom. The Hall–Kier alpha value is -2.75. The molecule has 1 saturated carbocycles. The molecule has 3 atom stereocenters. The van der Waals surface area contributed by atoms with Gasteiger partial charge in [0.2, 0.25) is 11.9 Å². The summed E-state index contributed by atoms with van der Waals surface area (Å²) in [5.41, 5.74) is 1.20. The molecule has 180 valence electrons. The normalized spacial score (nSPS) is 23.5. The molecule has 0 spiro atoms. The van der Waals surface area contributed by atoms with Crippen LogP contribution in [0.4, 0.5) is 11.8 Å². The molecule has 3 heterocycles. The number of imidazole rings is 1. The van der Waals surface area contributed by atoms with Crippen LogP contribution < -0.4 is 10.6 Å². The number of nitrogens with zero attached hydrogens (tertiary/aromatic N) is 4. The zero-order chi connectivity index (χ0) is 23.4. The van der Waals surface area contributed by atoms with Gasteiger partial charge in [0.05, 0.1) is 12.4 Å². The Balaban J connectivity index is 1.51. The Morgan fingerprint density at radius 1 is 1.24 bits per heavy atom. The zero-order valence-electron chi connectivity index (χ0n) is 19.7. The minimum atomic E-state index is -0.300. The van der Waals surface area contributed by atoms with Crippen LogP contribution in [0.3, 0.4) is 0 Å². The Bertz CT molecular complexity index is 987. The SMILES string of the molecule is CCC(=O)OCC1CC(C)C(n2cnc3c(NC)nc(NC(=O)CC4CCCCC4)nc32)O1. The van der Waals surface area contributed by atoms with Crippen molar-refractivity contribution in [2.45, 2.75) is 77.5 Å². The second-order valence-electron chi connectivity index (χ2n) is 9.12. The molecule has 1 aliphatic heterocycles. The van der Waals surface area contributed by atoms with Gasteiger partial charge in [0.1, 0.15) is 12.8 Å². The third-order valence-electron chi connectivity index (χ3n) is 6.55. The van der Waals surface area contributed by atoms with Crippen molar-refractivity contribution in [2.75, 3.05) is 24.3 Å². The van der Waals surface area contributed by atoms with E-state index in [4.69, 9.17) is 9.47 Å². The first kappa shape index (κ1) is 23.4. The minimum absolute atomic E-state index is 0.0577. The van der Waals surface area contributed by atoms with Crippen LogP contribution in [0, 0.1) is 11.8 Å². The summed E-state index contributed by atoms with van der Waals surface area (Å²) in [6, 6.07) is 0. The van der Waals surface area contributed by atoms with E-state index >= 15 is 0 Å². The standard InChI is InChI=1S/C23H34N6O4/c1-4-18(31)32-12-16-10-14(2)22(33-16)29-13-25-19-20(24-3)27-23(28-21(19)29)26-17(30)11-15-8-6-5-7-9-15/h13-16,22H,4-12H2,1-3H3,(H2,24,26,27,28,30). The summed E-state index contributed by atoms with van der Waals surface area (Å²) in [4.78, 5) is 37.7. The van der Waals surface area contributed by atoms with Gasteiger partial charge < -0.3 is 14.8 Å². The monoisotopic (exact) mass is 458 g/mol. The second-order valence-corrected chi connectivity index (χ2v) is 9.12. The molecule has 0 radical (unpaired) electrons. The van der Waals surface area contributed by atoms with Crippen molar-refractivity contribution >= 4 is 34.8 Å². The number of esters is 1. The van der Waals surface area contributed by atoms with Gasteiger partial charge in [-0.25, -0.2) is 4.98 Å². The Kier molecular flexibility index (Phi) is 7.42. The largest absolute Gasteiger partial charge is 0.463 e. The smallest absolute Gasteiger partial charge is 0.305 e. The van der Waals surface area contributed by atoms with Crippen molar-refractivity contribution in [3.8, 4) is 0 Å². The number of hydrogen-bond acceptors (Lipinski definition) is 8. The number of nitrogens with one attached hydrogen (secondary N) is 2. The van der Waals surface area contributed by atoms with Gasteiger partial charge >= 0.3 is 5.97 Å². The first-order valence-corrected chi connectivity index (χ1v) is 12.0. The molecular formula is C23H34N6O4. The van der Waals surface area contributed by atoms with Crippen molar-refractivity contribution in [1.82, 2.24) is 19.5 Å². The number of amides is 1. The minimum Gasteiger partial charge on any atom is -0.463 e. The van der Waals surface area contributed by atoms with E-state index in [1.54, 1.807) is 20.3 Å². The maximum absolute atomic E-state index is 12.6. The molecule has 0 bridgehead atoms. The second kappa shape index (κ2) is 10.5. The molecule has 1 amide bonds. The highest BCUT2D eigenvalue weighted by molar-refractivity contribution is 5.91. The molecule has 4 rings (SSSR count). The summed E-state index contributed by atoms with van der Waals surface area (Å²) in [5.74, 6) is 1.12. The zero-order valence-corrected chi connectivity index (χ0v) is 19.7. The van der Waals surface area contributed by atoms with Crippen molar-refractivity contribution in [3.05, 3.63) is 6.33 Å². The summed E-state index contributed by atoms with van der Waals surface area (Å²) >= 11 is 0.